The minimum Gasteiger partial charge on any atom is -0.491 e. The van der Waals surface area contributed by atoms with Crippen molar-refractivity contribution in [1.82, 2.24) is 14.9 Å². The van der Waals surface area contributed by atoms with Crippen LogP contribution in [0.25, 0.3) is 10.8 Å². The van der Waals surface area contributed by atoms with Gasteiger partial charge < -0.3 is 9.84 Å². The third-order valence-electron chi connectivity index (χ3n) is 4.78. The SMILES string of the molecule is Cc1ncc2c(n1)CN(C[C@@H](O)COc1ccc3ccccc3c1)CC2. The number of nitrogens with zero attached hydrogens (tertiary/aromatic N) is 3. The fourth-order valence-electron chi connectivity index (χ4n) is 3.41. The molecule has 0 amide bonds. The number of ether oxygens (including phenoxy) is 1. The molecule has 3 aromatic rings. The minimum atomic E-state index is -0.536. The van der Waals surface area contributed by atoms with Crippen molar-refractivity contribution in [2.45, 2.75) is 26.0 Å². The lowest BCUT2D eigenvalue weighted by molar-refractivity contribution is 0.0632. The van der Waals surface area contributed by atoms with Gasteiger partial charge in [-0.25, -0.2) is 9.97 Å². The molecule has 134 valence electrons. The average molecular weight is 349 g/mol. The monoisotopic (exact) mass is 349 g/mol. The van der Waals surface area contributed by atoms with Crippen LogP contribution in [0.5, 0.6) is 5.75 Å². The molecule has 0 spiro atoms. The second kappa shape index (κ2) is 7.40. The Morgan fingerprint density at radius 2 is 2.04 bits per heavy atom. The smallest absolute Gasteiger partial charge is 0.125 e. The number of fused-ring (bicyclic) bond motifs is 2. The number of β-amino-alcohol motifs (C(OH)–C–C–N with tert-alkyl or cyclic N) is 1. The molecule has 1 aliphatic rings. The van der Waals surface area contributed by atoms with Crippen molar-refractivity contribution in [3.8, 4) is 5.75 Å². The van der Waals surface area contributed by atoms with Gasteiger partial charge in [0.15, 0.2) is 0 Å². The first-order chi connectivity index (χ1) is 12.7. The fourth-order valence-corrected chi connectivity index (χ4v) is 3.41. The number of hydrogen-bond acceptors (Lipinski definition) is 5. The van der Waals surface area contributed by atoms with Gasteiger partial charge >= 0.3 is 0 Å². The summed E-state index contributed by atoms with van der Waals surface area (Å²) in [6, 6.07) is 14.2. The molecule has 0 saturated carbocycles. The summed E-state index contributed by atoms with van der Waals surface area (Å²) in [5, 5.41) is 12.7. The van der Waals surface area contributed by atoms with Crippen molar-refractivity contribution in [3.63, 3.8) is 0 Å². The summed E-state index contributed by atoms with van der Waals surface area (Å²) in [4.78, 5) is 11.0. The highest BCUT2D eigenvalue weighted by Crippen LogP contribution is 2.21. The Labute approximate surface area is 153 Å². The number of aromatic nitrogens is 2. The van der Waals surface area contributed by atoms with Gasteiger partial charge in [0.25, 0.3) is 0 Å². The predicted molar refractivity (Wildman–Crippen MR) is 101 cm³/mol. The van der Waals surface area contributed by atoms with Gasteiger partial charge in [0, 0.05) is 25.8 Å². The van der Waals surface area contributed by atoms with E-state index in [0.29, 0.717) is 6.54 Å². The van der Waals surface area contributed by atoms with E-state index < -0.39 is 6.10 Å². The Balaban J connectivity index is 1.33. The molecule has 0 bridgehead atoms. The van der Waals surface area contributed by atoms with Crippen LogP contribution in [0, 0.1) is 6.92 Å². The lowest BCUT2D eigenvalue weighted by atomic mass is 10.1. The quantitative estimate of drug-likeness (QED) is 0.767. The van der Waals surface area contributed by atoms with E-state index in [2.05, 4.69) is 27.0 Å². The van der Waals surface area contributed by atoms with Gasteiger partial charge in [-0.1, -0.05) is 30.3 Å². The van der Waals surface area contributed by atoms with Gasteiger partial charge in [-0.15, -0.1) is 0 Å². The normalized spacial score (nSPS) is 15.6. The van der Waals surface area contributed by atoms with Gasteiger partial charge in [-0.2, -0.15) is 0 Å². The van der Waals surface area contributed by atoms with Crippen LogP contribution >= 0.6 is 0 Å². The van der Waals surface area contributed by atoms with E-state index in [1.54, 1.807) is 0 Å². The van der Waals surface area contributed by atoms with Crippen molar-refractivity contribution < 1.29 is 9.84 Å². The Morgan fingerprint density at radius 1 is 1.19 bits per heavy atom. The molecule has 5 nitrogen and oxygen atoms in total. The molecule has 1 aliphatic heterocycles. The van der Waals surface area contributed by atoms with E-state index >= 15 is 0 Å². The molecule has 4 rings (SSSR count). The second-order valence-electron chi connectivity index (χ2n) is 6.85. The average Bonchev–Trinajstić information content (AvgIpc) is 2.66. The molecule has 1 N–H and O–H groups in total. The maximum atomic E-state index is 10.4. The van der Waals surface area contributed by atoms with Gasteiger partial charge in [0.1, 0.15) is 24.3 Å². The maximum Gasteiger partial charge on any atom is 0.125 e. The molecule has 0 unspecified atom stereocenters. The van der Waals surface area contributed by atoms with E-state index in [9.17, 15) is 5.11 Å². The van der Waals surface area contributed by atoms with E-state index in [1.807, 2.05) is 43.5 Å². The number of rotatable bonds is 5. The molecule has 1 atom stereocenters. The van der Waals surface area contributed by atoms with E-state index in [-0.39, 0.29) is 6.61 Å². The zero-order valence-electron chi connectivity index (χ0n) is 14.9. The molecule has 1 aromatic heterocycles. The van der Waals surface area contributed by atoms with Crippen LogP contribution in [0.2, 0.25) is 0 Å². The number of benzene rings is 2. The minimum absolute atomic E-state index is 0.282. The first kappa shape index (κ1) is 16.9. The second-order valence-corrected chi connectivity index (χ2v) is 6.85. The van der Waals surface area contributed by atoms with Crippen molar-refractivity contribution in [2.75, 3.05) is 19.7 Å². The fraction of sp³-hybridized carbons (Fsp3) is 0.333. The zero-order chi connectivity index (χ0) is 17.9. The highest BCUT2D eigenvalue weighted by molar-refractivity contribution is 5.83. The van der Waals surface area contributed by atoms with Crippen LogP contribution in [0.3, 0.4) is 0 Å². The Hall–Kier alpha value is -2.50. The topological polar surface area (TPSA) is 58.5 Å². The summed E-state index contributed by atoms with van der Waals surface area (Å²) in [6.45, 7) is 4.43. The number of aliphatic hydroxyl groups is 1. The summed E-state index contributed by atoms with van der Waals surface area (Å²) in [6.07, 6.45) is 2.31. The van der Waals surface area contributed by atoms with Gasteiger partial charge in [-0.3, -0.25) is 4.90 Å². The Bertz CT molecular complexity index is 913. The molecule has 26 heavy (non-hydrogen) atoms. The summed E-state index contributed by atoms with van der Waals surface area (Å²) >= 11 is 0. The highest BCUT2D eigenvalue weighted by atomic mass is 16.5. The molecule has 2 aromatic carbocycles. The predicted octanol–water partition coefficient (Wildman–Crippen LogP) is 2.74. The molecule has 0 fully saturated rings. The summed E-state index contributed by atoms with van der Waals surface area (Å²) in [5.74, 6) is 1.58. The van der Waals surface area contributed by atoms with Crippen molar-refractivity contribution >= 4 is 10.8 Å². The van der Waals surface area contributed by atoms with E-state index in [1.165, 1.54) is 10.9 Å². The summed E-state index contributed by atoms with van der Waals surface area (Å²) in [7, 11) is 0. The van der Waals surface area contributed by atoms with Crippen LogP contribution in [0.1, 0.15) is 17.1 Å². The van der Waals surface area contributed by atoms with Gasteiger partial charge in [0.2, 0.25) is 0 Å². The van der Waals surface area contributed by atoms with Crippen LogP contribution in [0.15, 0.2) is 48.7 Å². The molecular formula is C21H23N3O2. The Kier molecular flexibility index (Phi) is 4.82. The third-order valence-corrected chi connectivity index (χ3v) is 4.78. The first-order valence-corrected chi connectivity index (χ1v) is 9.01. The molecular weight excluding hydrogens is 326 g/mol. The van der Waals surface area contributed by atoms with Crippen molar-refractivity contribution in [2.24, 2.45) is 0 Å². The molecule has 0 saturated heterocycles. The van der Waals surface area contributed by atoms with Crippen molar-refractivity contribution in [1.29, 1.82) is 0 Å². The number of aryl methyl sites for hydroxylation is 1. The number of aliphatic hydroxyl groups excluding tert-OH is 1. The summed E-state index contributed by atoms with van der Waals surface area (Å²) in [5.41, 5.74) is 2.29. The van der Waals surface area contributed by atoms with Crippen LogP contribution < -0.4 is 4.74 Å². The highest BCUT2D eigenvalue weighted by Gasteiger charge is 2.20. The van der Waals surface area contributed by atoms with E-state index in [0.717, 1.165) is 42.2 Å². The number of hydrogen-bond donors (Lipinski definition) is 1. The van der Waals surface area contributed by atoms with Crippen LogP contribution in [-0.4, -0.2) is 45.8 Å². The molecule has 0 aliphatic carbocycles. The maximum absolute atomic E-state index is 10.4. The lowest BCUT2D eigenvalue weighted by Gasteiger charge is -2.29. The Morgan fingerprint density at radius 3 is 2.92 bits per heavy atom. The first-order valence-electron chi connectivity index (χ1n) is 9.01. The van der Waals surface area contributed by atoms with Gasteiger partial charge in [-0.05, 0) is 41.8 Å². The molecule has 5 heteroatoms. The van der Waals surface area contributed by atoms with Crippen molar-refractivity contribution in [3.05, 3.63) is 65.7 Å². The largest absolute Gasteiger partial charge is 0.491 e. The molecule has 2 heterocycles. The summed E-state index contributed by atoms with van der Waals surface area (Å²) < 4.78 is 5.80. The third kappa shape index (κ3) is 3.84. The van der Waals surface area contributed by atoms with Crippen LogP contribution in [-0.2, 0) is 13.0 Å². The van der Waals surface area contributed by atoms with E-state index in [4.69, 9.17) is 4.74 Å². The lowest BCUT2D eigenvalue weighted by Crippen LogP contribution is -2.39. The zero-order valence-corrected chi connectivity index (χ0v) is 14.9. The standard InChI is InChI=1S/C21H23N3O2/c1-15-22-11-18-8-9-24(13-21(18)23-15)12-19(25)14-26-20-7-6-16-4-2-3-5-17(16)10-20/h2-7,10-11,19,25H,8-9,12-14H2,1H3/t19-/m1/s1. The molecule has 0 radical (unpaired) electrons. The van der Waals surface area contributed by atoms with Crippen LogP contribution in [0.4, 0.5) is 0 Å². The van der Waals surface area contributed by atoms with Gasteiger partial charge in [0.05, 0.1) is 5.69 Å².